The minimum Gasteiger partial charge on any atom is -0.444 e. The largest absolute Gasteiger partial charge is 0.444 e. The first-order valence-corrected chi connectivity index (χ1v) is 8.48. The molecule has 1 aromatic rings. The Morgan fingerprint density at radius 3 is 2.33 bits per heavy atom. The SMILES string of the molecule is CC(=O)NC(C)Cc1ccc(C2CN(C(=O)OC(C)(C)C)C2)cc1. The van der Waals surface area contributed by atoms with Crippen molar-refractivity contribution in [2.24, 2.45) is 0 Å². The summed E-state index contributed by atoms with van der Waals surface area (Å²) in [5, 5.41) is 2.89. The molecule has 1 unspecified atom stereocenters. The summed E-state index contributed by atoms with van der Waals surface area (Å²) < 4.78 is 5.37. The molecule has 1 atom stereocenters. The van der Waals surface area contributed by atoms with Crippen LogP contribution in [0.3, 0.4) is 0 Å². The average Bonchev–Trinajstić information content (AvgIpc) is 2.35. The number of rotatable bonds is 4. The summed E-state index contributed by atoms with van der Waals surface area (Å²) in [6.07, 6.45) is 0.577. The lowest BCUT2D eigenvalue weighted by Gasteiger charge is -2.40. The molecule has 5 nitrogen and oxygen atoms in total. The summed E-state index contributed by atoms with van der Waals surface area (Å²) in [6.45, 7) is 10.6. The Kier molecular flexibility index (Phi) is 5.52. The first kappa shape index (κ1) is 18.3. The fourth-order valence-electron chi connectivity index (χ4n) is 2.84. The van der Waals surface area contributed by atoms with Crippen molar-refractivity contribution in [2.45, 2.75) is 58.6 Å². The lowest BCUT2D eigenvalue weighted by molar-refractivity contribution is -0.119. The lowest BCUT2D eigenvalue weighted by Crippen LogP contribution is -2.50. The van der Waals surface area contributed by atoms with Gasteiger partial charge in [-0.15, -0.1) is 0 Å². The van der Waals surface area contributed by atoms with Crippen LogP contribution in [0, 0.1) is 0 Å². The summed E-state index contributed by atoms with van der Waals surface area (Å²) in [4.78, 5) is 24.7. The van der Waals surface area contributed by atoms with Crippen molar-refractivity contribution >= 4 is 12.0 Å². The Balaban J connectivity index is 1.83. The normalized spacial score (nSPS) is 16.3. The molecule has 0 spiro atoms. The number of likely N-dealkylation sites (tertiary alicyclic amines) is 1. The van der Waals surface area contributed by atoms with E-state index in [1.165, 1.54) is 18.1 Å². The highest BCUT2D eigenvalue weighted by Gasteiger charge is 2.34. The number of carbonyl (C=O) groups excluding carboxylic acids is 2. The minimum atomic E-state index is -0.450. The van der Waals surface area contributed by atoms with Crippen LogP contribution < -0.4 is 5.32 Å². The molecule has 1 aliphatic rings. The highest BCUT2D eigenvalue weighted by atomic mass is 16.6. The standard InChI is InChI=1S/C19H28N2O3/c1-13(20-14(2)22)10-15-6-8-16(9-7-15)17-11-21(12-17)18(23)24-19(3,4)5/h6-9,13,17H,10-12H2,1-5H3,(H,20,22). The zero-order chi connectivity index (χ0) is 17.9. The van der Waals surface area contributed by atoms with Crippen LogP contribution in [0.1, 0.15) is 51.7 Å². The van der Waals surface area contributed by atoms with Crippen LogP contribution in [0.5, 0.6) is 0 Å². The van der Waals surface area contributed by atoms with Gasteiger partial charge in [-0.1, -0.05) is 24.3 Å². The van der Waals surface area contributed by atoms with Crippen LogP contribution in [0.4, 0.5) is 4.79 Å². The maximum Gasteiger partial charge on any atom is 0.410 e. The molecule has 1 saturated heterocycles. The molecular formula is C19H28N2O3. The molecule has 2 rings (SSSR count). The van der Waals surface area contributed by atoms with Gasteiger partial charge in [-0.2, -0.15) is 0 Å². The van der Waals surface area contributed by atoms with Crippen LogP contribution >= 0.6 is 0 Å². The van der Waals surface area contributed by atoms with Crippen molar-refractivity contribution in [3.63, 3.8) is 0 Å². The van der Waals surface area contributed by atoms with Gasteiger partial charge in [0.25, 0.3) is 0 Å². The summed E-state index contributed by atoms with van der Waals surface area (Å²) in [5.41, 5.74) is 1.99. The van der Waals surface area contributed by atoms with Crippen molar-refractivity contribution in [1.29, 1.82) is 0 Å². The summed E-state index contributed by atoms with van der Waals surface area (Å²) in [7, 11) is 0. The van der Waals surface area contributed by atoms with Gasteiger partial charge in [-0.05, 0) is 45.2 Å². The third-order valence-corrected chi connectivity index (χ3v) is 3.98. The molecule has 5 heteroatoms. The highest BCUT2D eigenvalue weighted by Crippen LogP contribution is 2.28. The number of nitrogens with one attached hydrogen (secondary N) is 1. The van der Waals surface area contributed by atoms with Crippen molar-refractivity contribution < 1.29 is 14.3 Å². The van der Waals surface area contributed by atoms with Gasteiger partial charge in [-0.3, -0.25) is 4.79 Å². The van der Waals surface area contributed by atoms with Crippen LogP contribution in [0.25, 0.3) is 0 Å². The summed E-state index contributed by atoms with van der Waals surface area (Å²) >= 11 is 0. The number of hydrogen-bond acceptors (Lipinski definition) is 3. The van der Waals surface area contributed by atoms with Gasteiger partial charge in [0.05, 0.1) is 0 Å². The van der Waals surface area contributed by atoms with Crippen LogP contribution in [0.2, 0.25) is 0 Å². The second-order valence-corrected chi connectivity index (χ2v) is 7.63. The van der Waals surface area contributed by atoms with Gasteiger partial charge < -0.3 is 15.0 Å². The molecule has 0 aromatic heterocycles. The number of hydrogen-bond donors (Lipinski definition) is 1. The van der Waals surface area contributed by atoms with E-state index in [0.717, 1.165) is 6.42 Å². The highest BCUT2D eigenvalue weighted by molar-refractivity contribution is 5.73. The van der Waals surface area contributed by atoms with Crippen LogP contribution in [0.15, 0.2) is 24.3 Å². The Bertz CT molecular complexity index is 584. The maximum atomic E-state index is 12.0. The van der Waals surface area contributed by atoms with E-state index in [9.17, 15) is 9.59 Å². The Labute approximate surface area is 144 Å². The predicted molar refractivity (Wildman–Crippen MR) is 94.0 cm³/mol. The third-order valence-electron chi connectivity index (χ3n) is 3.98. The molecule has 24 heavy (non-hydrogen) atoms. The lowest BCUT2D eigenvalue weighted by atomic mass is 9.90. The summed E-state index contributed by atoms with van der Waals surface area (Å²) in [6, 6.07) is 8.56. The molecule has 1 aromatic carbocycles. The monoisotopic (exact) mass is 332 g/mol. The molecule has 1 aliphatic heterocycles. The fraction of sp³-hybridized carbons (Fsp3) is 0.579. The molecule has 2 amide bonds. The third kappa shape index (κ3) is 5.25. The van der Waals surface area contributed by atoms with Crippen molar-refractivity contribution in [3.8, 4) is 0 Å². The second-order valence-electron chi connectivity index (χ2n) is 7.63. The number of carbonyl (C=O) groups is 2. The fourth-order valence-corrected chi connectivity index (χ4v) is 2.84. The molecule has 0 radical (unpaired) electrons. The maximum absolute atomic E-state index is 12.0. The molecular weight excluding hydrogens is 304 g/mol. The molecule has 132 valence electrons. The van der Waals surface area contributed by atoms with Crippen molar-refractivity contribution in [2.75, 3.05) is 13.1 Å². The van der Waals surface area contributed by atoms with Gasteiger partial charge in [0.15, 0.2) is 0 Å². The van der Waals surface area contributed by atoms with E-state index in [-0.39, 0.29) is 18.0 Å². The predicted octanol–water partition coefficient (Wildman–Crippen LogP) is 3.09. The summed E-state index contributed by atoms with van der Waals surface area (Å²) in [5.74, 6) is 0.371. The van der Waals surface area contributed by atoms with E-state index < -0.39 is 5.60 Å². The zero-order valence-electron chi connectivity index (χ0n) is 15.3. The van der Waals surface area contributed by atoms with Crippen LogP contribution in [-0.2, 0) is 16.0 Å². The van der Waals surface area contributed by atoms with Gasteiger partial charge >= 0.3 is 6.09 Å². The van der Waals surface area contributed by atoms with Crippen molar-refractivity contribution in [1.82, 2.24) is 10.2 Å². The molecule has 0 aliphatic carbocycles. The Hall–Kier alpha value is -2.04. The molecule has 0 bridgehead atoms. The molecule has 1 fully saturated rings. The van der Waals surface area contributed by atoms with E-state index in [1.54, 1.807) is 4.90 Å². The van der Waals surface area contributed by atoms with E-state index in [4.69, 9.17) is 4.74 Å². The van der Waals surface area contributed by atoms with E-state index >= 15 is 0 Å². The molecule has 1 N–H and O–H groups in total. The minimum absolute atomic E-state index is 0.00387. The first-order chi connectivity index (χ1) is 11.1. The molecule has 1 heterocycles. The number of amides is 2. The quantitative estimate of drug-likeness (QED) is 0.922. The Morgan fingerprint density at radius 2 is 1.83 bits per heavy atom. The van der Waals surface area contributed by atoms with Crippen molar-refractivity contribution in [3.05, 3.63) is 35.4 Å². The second kappa shape index (κ2) is 7.24. The van der Waals surface area contributed by atoms with E-state index in [2.05, 4.69) is 29.6 Å². The van der Waals surface area contributed by atoms with Gasteiger partial charge in [0.2, 0.25) is 5.91 Å². The Morgan fingerprint density at radius 1 is 1.25 bits per heavy atom. The van der Waals surface area contributed by atoms with E-state index in [1.807, 2.05) is 27.7 Å². The number of nitrogens with zero attached hydrogens (tertiary/aromatic N) is 1. The number of benzene rings is 1. The smallest absolute Gasteiger partial charge is 0.410 e. The van der Waals surface area contributed by atoms with E-state index in [0.29, 0.717) is 19.0 Å². The zero-order valence-corrected chi connectivity index (χ0v) is 15.3. The average molecular weight is 332 g/mol. The van der Waals surface area contributed by atoms with Crippen LogP contribution in [-0.4, -0.2) is 41.6 Å². The molecule has 0 saturated carbocycles. The topological polar surface area (TPSA) is 58.6 Å². The van der Waals surface area contributed by atoms with Gasteiger partial charge in [-0.25, -0.2) is 4.79 Å². The van der Waals surface area contributed by atoms with Gasteiger partial charge in [0.1, 0.15) is 5.60 Å². The van der Waals surface area contributed by atoms with Gasteiger partial charge in [0, 0.05) is 32.0 Å². The number of ether oxygens (including phenoxy) is 1. The first-order valence-electron chi connectivity index (χ1n) is 8.48.